The molecule has 27 heavy (non-hydrogen) atoms. The molecule has 0 heterocycles. The molecule has 0 aliphatic heterocycles. The van der Waals surface area contributed by atoms with Gasteiger partial charge in [-0.3, -0.25) is 4.79 Å². The molecule has 0 saturated carbocycles. The van der Waals surface area contributed by atoms with E-state index in [4.69, 9.17) is 27.9 Å². The molecule has 0 spiro atoms. The minimum atomic E-state index is -0.0734. The smallest absolute Gasteiger partial charge is 0.185 e. The summed E-state index contributed by atoms with van der Waals surface area (Å²) < 4.78 is 5.91. The van der Waals surface area contributed by atoms with Crippen LogP contribution in [0.3, 0.4) is 0 Å². The average Bonchev–Trinajstić information content (AvgIpc) is 2.66. The molecule has 2 nitrogen and oxygen atoms in total. The van der Waals surface area contributed by atoms with Crippen molar-refractivity contribution in [3.8, 4) is 5.75 Å². The number of ketones is 1. The fourth-order valence-electron chi connectivity index (χ4n) is 2.55. The first-order valence-corrected chi connectivity index (χ1v) is 9.23. The van der Waals surface area contributed by atoms with E-state index in [-0.39, 0.29) is 5.78 Å². The van der Waals surface area contributed by atoms with Crippen LogP contribution < -0.4 is 4.74 Å². The number of carbonyl (C=O) groups is 1. The maximum absolute atomic E-state index is 12.4. The Balaban J connectivity index is 1.77. The highest BCUT2D eigenvalue weighted by Crippen LogP contribution is 2.26. The normalized spacial score (nSPS) is 10.9. The van der Waals surface area contributed by atoms with Crippen LogP contribution in [0.2, 0.25) is 10.0 Å². The van der Waals surface area contributed by atoms with Crippen LogP contribution in [0, 0.1) is 6.92 Å². The van der Waals surface area contributed by atoms with Gasteiger partial charge in [0.25, 0.3) is 0 Å². The molecule has 0 bridgehead atoms. The monoisotopic (exact) mass is 396 g/mol. The molecule has 0 aromatic heterocycles. The lowest BCUT2D eigenvalue weighted by molar-refractivity contribution is 0.104. The SMILES string of the molecule is Cc1ccc(C(=O)/C=C/c2cc(Cl)ccc2OCc2cccc(Cl)c2)cc1. The zero-order valence-electron chi connectivity index (χ0n) is 14.8. The molecule has 0 unspecified atom stereocenters. The predicted octanol–water partition coefficient (Wildman–Crippen LogP) is 6.78. The Morgan fingerprint density at radius 2 is 1.70 bits per heavy atom. The highest BCUT2D eigenvalue weighted by atomic mass is 35.5. The standard InChI is InChI=1S/C23H18Cl2O2/c1-16-5-7-18(8-6-16)22(26)11-9-19-14-21(25)10-12-23(19)27-15-17-3-2-4-20(24)13-17/h2-14H,15H2,1H3/b11-9+. The van der Waals surface area contributed by atoms with E-state index >= 15 is 0 Å². The third-order valence-corrected chi connectivity index (χ3v) is 4.48. The molecular weight excluding hydrogens is 379 g/mol. The van der Waals surface area contributed by atoms with E-state index in [0.717, 1.165) is 16.7 Å². The van der Waals surface area contributed by atoms with Gasteiger partial charge in [0.1, 0.15) is 12.4 Å². The second-order valence-electron chi connectivity index (χ2n) is 6.16. The number of ether oxygens (including phenoxy) is 1. The van der Waals surface area contributed by atoms with Gasteiger partial charge in [-0.25, -0.2) is 0 Å². The summed E-state index contributed by atoms with van der Waals surface area (Å²) in [4.78, 5) is 12.4. The maximum atomic E-state index is 12.4. The second-order valence-corrected chi connectivity index (χ2v) is 7.04. The summed E-state index contributed by atoms with van der Waals surface area (Å²) >= 11 is 12.1. The predicted molar refractivity (Wildman–Crippen MR) is 112 cm³/mol. The van der Waals surface area contributed by atoms with Crippen molar-refractivity contribution in [3.63, 3.8) is 0 Å². The second kappa shape index (κ2) is 8.90. The first-order chi connectivity index (χ1) is 13.0. The van der Waals surface area contributed by atoms with Crippen LogP contribution in [0.4, 0.5) is 0 Å². The van der Waals surface area contributed by atoms with Crippen molar-refractivity contribution in [2.24, 2.45) is 0 Å². The van der Waals surface area contributed by atoms with Crippen molar-refractivity contribution in [1.82, 2.24) is 0 Å². The lowest BCUT2D eigenvalue weighted by Crippen LogP contribution is -1.98. The van der Waals surface area contributed by atoms with Gasteiger partial charge in [-0.15, -0.1) is 0 Å². The molecule has 3 aromatic carbocycles. The van der Waals surface area contributed by atoms with Gasteiger partial charge in [-0.2, -0.15) is 0 Å². The Morgan fingerprint density at radius 3 is 2.44 bits per heavy atom. The summed E-state index contributed by atoms with van der Waals surface area (Å²) in [6.07, 6.45) is 3.25. The highest BCUT2D eigenvalue weighted by Gasteiger charge is 2.06. The largest absolute Gasteiger partial charge is 0.488 e. The molecule has 0 fully saturated rings. The van der Waals surface area contributed by atoms with Gasteiger partial charge in [0, 0.05) is 21.2 Å². The van der Waals surface area contributed by atoms with Crippen LogP contribution in [0.25, 0.3) is 6.08 Å². The molecule has 136 valence electrons. The van der Waals surface area contributed by atoms with Crippen molar-refractivity contribution in [2.75, 3.05) is 0 Å². The molecule has 0 radical (unpaired) electrons. The third-order valence-electron chi connectivity index (χ3n) is 4.01. The number of aryl methyl sites for hydroxylation is 1. The van der Waals surface area contributed by atoms with Gasteiger partial charge in [0.2, 0.25) is 0 Å². The van der Waals surface area contributed by atoms with Crippen molar-refractivity contribution < 1.29 is 9.53 Å². The van der Waals surface area contributed by atoms with E-state index in [1.165, 1.54) is 6.08 Å². The van der Waals surface area contributed by atoms with Crippen molar-refractivity contribution in [3.05, 3.63) is 105 Å². The fourth-order valence-corrected chi connectivity index (χ4v) is 2.94. The quantitative estimate of drug-likeness (QED) is 0.339. The maximum Gasteiger partial charge on any atom is 0.185 e. The van der Waals surface area contributed by atoms with Crippen molar-refractivity contribution in [2.45, 2.75) is 13.5 Å². The van der Waals surface area contributed by atoms with E-state index in [1.807, 2.05) is 55.5 Å². The van der Waals surface area contributed by atoms with Crippen molar-refractivity contribution >= 4 is 35.1 Å². The Kier molecular flexibility index (Phi) is 6.33. The van der Waals surface area contributed by atoms with Crippen LogP contribution >= 0.6 is 23.2 Å². The van der Waals surface area contributed by atoms with E-state index in [0.29, 0.717) is 28.0 Å². The lowest BCUT2D eigenvalue weighted by Gasteiger charge is -2.10. The number of benzene rings is 3. The topological polar surface area (TPSA) is 26.3 Å². The van der Waals surface area contributed by atoms with Crippen LogP contribution in [0.15, 0.2) is 72.8 Å². The lowest BCUT2D eigenvalue weighted by atomic mass is 10.1. The first kappa shape index (κ1) is 19.2. The van der Waals surface area contributed by atoms with Crippen LogP contribution in [0.1, 0.15) is 27.0 Å². The summed E-state index contributed by atoms with van der Waals surface area (Å²) in [7, 11) is 0. The zero-order chi connectivity index (χ0) is 19.2. The fraction of sp³-hybridized carbons (Fsp3) is 0.0870. The number of carbonyl (C=O) groups excluding carboxylic acids is 1. The summed E-state index contributed by atoms with van der Waals surface area (Å²) in [5.74, 6) is 0.572. The summed E-state index contributed by atoms with van der Waals surface area (Å²) in [6, 6.07) is 20.3. The molecule has 3 rings (SSSR count). The zero-order valence-corrected chi connectivity index (χ0v) is 16.3. The molecule has 0 saturated heterocycles. The molecule has 0 N–H and O–H groups in total. The third kappa shape index (κ3) is 5.46. The Labute approximate surface area is 169 Å². The number of halogens is 2. The molecule has 3 aromatic rings. The van der Waals surface area contributed by atoms with Crippen molar-refractivity contribution in [1.29, 1.82) is 0 Å². The van der Waals surface area contributed by atoms with Crippen LogP contribution in [0.5, 0.6) is 5.75 Å². The minimum Gasteiger partial charge on any atom is -0.488 e. The van der Waals surface area contributed by atoms with Gasteiger partial charge < -0.3 is 4.74 Å². The number of allylic oxidation sites excluding steroid dienone is 1. The summed E-state index contributed by atoms with van der Waals surface area (Å²) in [5.41, 5.74) is 3.45. The number of hydrogen-bond donors (Lipinski definition) is 0. The molecule has 0 amide bonds. The van der Waals surface area contributed by atoms with Gasteiger partial charge in [-0.1, -0.05) is 65.2 Å². The Morgan fingerprint density at radius 1 is 0.963 bits per heavy atom. The first-order valence-electron chi connectivity index (χ1n) is 8.47. The van der Waals surface area contributed by atoms with Gasteiger partial charge in [0.15, 0.2) is 5.78 Å². The summed E-state index contributed by atoms with van der Waals surface area (Å²) in [6.45, 7) is 2.36. The summed E-state index contributed by atoms with van der Waals surface area (Å²) in [5, 5.41) is 1.24. The van der Waals surface area contributed by atoms with E-state index in [2.05, 4.69) is 0 Å². The van der Waals surface area contributed by atoms with Gasteiger partial charge in [0.05, 0.1) is 0 Å². The Hall–Kier alpha value is -2.55. The van der Waals surface area contributed by atoms with Gasteiger partial charge >= 0.3 is 0 Å². The molecule has 0 aliphatic carbocycles. The minimum absolute atomic E-state index is 0.0734. The molecule has 0 aliphatic rings. The molecular formula is C23H18Cl2O2. The number of rotatable bonds is 6. The van der Waals surface area contributed by atoms with E-state index in [9.17, 15) is 4.79 Å². The van der Waals surface area contributed by atoms with Crippen LogP contribution in [-0.2, 0) is 6.61 Å². The molecule has 4 heteroatoms. The highest BCUT2D eigenvalue weighted by molar-refractivity contribution is 6.31. The number of hydrogen-bond acceptors (Lipinski definition) is 2. The van der Waals surface area contributed by atoms with E-state index < -0.39 is 0 Å². The van der Waals surface area contributed by atoms with Crippen LogP contribution in [-0.4, -0.2) is 5.78 Å². The Bertz CT molecular complexity index is 976. The van der Waals surface area contributed by atoms with E-state index in [1.54, 1.807) is 24.3 Å². The molecule has 0 atom stereocenters. The van der Waals surface area contributed by atoms with Gasteiger partial charge in [-0.05, 0) is 55.0 Å². The average molecular weight is 397 g/mol.